The third-order valence-electron chi connectivity index (χ3n) is 6.38. The molecule has 0 atom stereocenters. The van der Waals surface area contributed by atoms with Crippen LogP contribution in [-0.2, 0) is 25.6 Å². The highest BCUT2D eigenvalue weighted by Gasteiger charge is 2.34. The Morgan fingerprint density at radius 1 is 1.19 bits per heavy atom. The molecule has 5 rings (SSSR count). The summed E-state index contributed by atoms with van der Waals surface area (Å²) in [5, 5.41) is 20.5. The van der Waals surface area contributed by atoms with Crippen LogP contribution in [0.5, 0.6) is 0 Å². The highest BCUT2D eigenvalue weighted by Crippen LogP contribution is 2.41. The molecule has 36 heavy (non-hydrogen) atoms. The monoisotopic (exact) mass is 503 g/mol. The van der Waals surface area contributed by atoms with Gasteiger partial charge in [0, 0.05) is 41.0 Å². The van der Waals surface area contributed by atoms with Gasteiger partial charge in [-0.25, -0.2) is 0 Å². The van der Waals surface area contributed by atoms with Crippen LogP contribution in [0.15, 0.2) is 47.4 Å². The number of aliphatic hydroxyl groups is 1. The summed E-state index contributed by atoms with van der Waals surface area (Å²) in [5.74, 6) is 0.496. The van der Waals surface area contributed by atoms with Crippen LogP contribution in [0.4, 0.5) is 17.2 Å². The number of nitrogens with one attached hydrogen (secondary N) is 2. The highest BCUT2D eigenvalue weighted by molar-refractivity contribution is 7.14. The maximum Gasteiger partial charge on any atom is 0.274 e. The molecule has 8 nitrogen and oxygen atoms in total. The van der Waals surface area contributed by atoms with E-state index in [1.165, 1.54) is 9.44 Å². The van der Waals surface area contributed by atoms with Gasteiger partial charge in [-0.15, -0.1) is 11.3 Å². The molecule has 1 aliphatic rings. The molecular formula is C27H29N5O3S. The maximum atomic E-state index is 13.4. The summed E-state index contributed by atoms with van der Waals surface area (Å²) in [6.45, 7) is 8.54. The molecule has 1 aliphatic heterocycles. The summed E-state index contributed by atoms with van der Waals surface area (Å²) in [6.07, 6.45) is 1.74. The van der Waals surface area contributed by atoms with E-state index in [2.05, 4.69) is 42.4 Å². The third-order valence-corrected chi connectivity index (χ3v) is 7.97. The molecule has 1 amide bonds. The van der Waals surface area contributed by atoms with E-state index in [4.69, 9.17) is 0 Å². The molecule has 0 radical (unpaired) electrons. The third kappa shape index (κ3) is 4.14. The van der Waals surface area contributed by atoms with Gasteiger partial charge in [0.25, 0.3) is 11.5 Å². The number of carbonyl (C=O) groups is 1. The average Bonchev–Trinajstić information content (AvgIpc) is 3.52. The lowest BCUT2D eigenvalue weighted by molar-refractivity contribution is 0.0999. The van der Waals surface area contributed by atoms with Crippen molar-refractivity contribution in [3.63, 3.8) is 0 Å². The summed E-state index contributed by atoms with van der Waals surface area (Å²) in [5.41, 5.74) is 4.86. The van der Waals surface area contributed by atoms with E-state index in [9.17, 15) is 14.7 Å². The second-order valence-electron chi connectivity index (χ2n) is 10.2. The summed E-state index contributed by atoms with van der Waals surface area (Å²) in [6, 6.07) is 11.3. The van der Waals surface area contributed by atoms with Crippen LogP contribution in [0.2, 0.25) is 0 Å². The fourth-order valence-electron chi connectivity index (χ4n) is 4.49. The first-order valence-electron chi connectivity index (χ1n) is 11.7. The molecule has 0 bridgehead atoms. The molecule has 0 saturated heterocycles. The molecule has 4 aromatic rings. The van der Waals surface area contributed by atoms with E-state index in [-0.39, 0.29) is 23.5 Å². The Labute approximate surface area is 213 Å². The number of nitrogens with zero attached hydrogens (tertiary/aromatic N) is 3. The van der Waals surface area contributed by atoms with E-state index < -0.39 is 0 Å². The number of rotatable bonds is 5. The number of benzene rings is 1. The van der Waals surface area contributed by atoms with Crippen molar-refractivity contribution in [1.29, 1.82) is 0 Å². The molecule has 9 heteroatoms. The predicted molar refractivity (Wildman–Crippen MR) is 143 cm³/mol. The number of pyridine rings is 1. The van der Waals surface area contributed by atoms with Gasteiger partial charge in [0.1, 0.15) is 5.69 Å². The Hall–Kier alpha value is -3.69. The quantitative estimate of drug-likeness (QED) is 0.362. The number of aromatic amines is 1. The Bertz CT molecular complexity index is 1540. The number of aromatic nitrogens is 3. The minimum Gasteiger partial charge on any atom is -0.392 e. The number of amides is 1. The largest absolute Gasteiger partial charge is 0.392 e. The number of anilines is 3. The SMILES string of the molecule is Cc1cc(Nc2cc(-c3cccc(N4Cc5cc(C(C)(C)C)sc5C4=O)c3CO)cn(C)c2=O)n[nH]1. The minimum atomic E-state index is -0.250. The molecule has 3 N–H and O–H groups in total. The number of hydrogen-bond donors (Lipinski definition) is 3. The number of thiophene rings is 1. The van der Waals surface area contributed by atoms with Crippen molar-refractivity contribution in [2.24, 2.45) is 7.05 Å². The Morgan fingerprint density at radius 3 is 2.61 bits per heavy atom. The molecular weight excluding hydrogens is 474 g/mol. The lowest BCUT2D eigenvalue weighted by atomic mass is 9.94. The van der Waals surface area contributed by atoms with E-state index in [0.29, 0.717) is 29.3 Å². The van der Waals surface area contributed by atoms with Crippen molar-refractivity contribution < 1.29 is 9.90 Å². The topological polar surface area (TPSA) is 103 Å². The van der Waals surface area contributed by atoms with Crippen LogP contribution >= 0.6 is 11.3 Å². The van der Waals surface area contributed by atoms with Crippen LogP contribution in [0.1, 0.15) is 52.1 Å². The summed E-state index contributed by atoms with van der Waals surface area (Å²) < 4.78 is 1.50. The fourth-order valence-corrected chi connectivity index (χ4v) is 5.67. The number of H-pyrrole nitrogens is 1. The van der Waals surface area contributed by atoms with Gasteiger partial charge < -0.3 is 19.9 Å². The minimum absolute atomic E-state index is 0.0140. The first-order valence-corrected chi connectivity index (χ1v) is 12.6. The van der Waals surface area contributed by atoms with E-state index >= 15 is 0 Å². The van der Waals surface area contributed by atoms with Crippen LogP contribution in [0.25, 0.3) is 11.1 Å². The van der Waals surface area contributed by atoms with Crippen LogP contribution in [-0.4, -0.2) is 25.8 Å². The predicted octanol–water partition coefficient (Wildman–Crippen LogP) is 4.84. The van der Waals surface area contributed by atoms with Crippen LogP contribution in [0.3, 0.4) is 0 Å². The van der Waals surface area contributed by atoms with E-state index in [1.54, 1.807) is 35.5 Å². The molecule has 0 aliphatic carbocycles. The Morgan fingerprint density at radius 2 is 1.97 bits per heavy atom. The van der Waals surface area contributed by atoms with Crippen molar-refractivity contribution in [3.05, 3.63) is 79.5 Å². The van der Waals surface area contributed by atoms with Gasteiger partial charge >= 0.3 is 0 Å². The number of aliphatic hydroxyl groups excluding tert-OH is 1. The van der Waals surface area contributed by atoms with Gasteiger partial charge in [-0.1, -0.05) is 32.9 Å². The normalized spacial score (nSPS) is 13.4. The number of fused-ring (bicyclic) bond motifs is 1. The van der Waals surface area contributed by atoms with Gasteiger partial charge in [0.2, 0.25) is 0 Å². The second-order valence-corrected chi connectivity index (χ2v) is 11.2. The number of carbonyl (C=O) groups excluding carboxylic acids is 1. The zero-order valence-corrected chi connectivity index (χ0v) is 21.8. The molecule has 0 fully saturated rings. The van der Waals surface area contributed by atoms with Crippen molar-refractivity contribution >= 4 is 34.4 Å². The zero-order valence-electron chi connectivity index (χ0n) is 21.0. The van der Waals surface area contributed by atoms with Gasteiger partial charge in [0.05, 0.1) is 23.7 Å². The smallest absolute Gasteiger partial charge is 0.274 e. The molecule has 0 saturated carbocycles. The van der Waals surface area contributed by atoms with Crippen molar-refractivity contribution in [3.8, 4) is 11.1 Å². The summed E-state index contributed by atoms with van der Waals surface area (Å²) in [7, 11) is 1.68. The van der Waals surface area contributed by atoms with Crippen molar-refractivity contribution in [2.75, 3.05) is 10.2 Å². The summed E-state index contributed by atoms with van der Waals surface area (Å²) >= 11 is 1.55. The van der Waals surface area contributed by atoms with Gasteiger partial charge in [0.15, 0.2) is 5.82 Å². The maximum absolute atomic E-state index is 13.4. The van der Waals surface area contributed by atoms with Gasteiger partial charge in [-0.2, -0.15) is 5.10 Å². The summed E-state index contributed by atoms with van der Waals surface area (Å²) in [4.78, 5) is 29.9. The van der Waals surface area contributed by atoms with Crippen LogP contribution < -0.4 is 15.8 Å². The lowest BCUT2D eigenvalue weighted by Crippen LogP contribution is -2.25. The second kappa shape index (κ2) is 8.76. The number of aryl methyl sites for hydroxylation is 2. The van der Waals surface area contributed by atoms with Crippen LogP contribution in [0, 0.1) is 6.92 Å². The fraction of sp³-hybridized carbons (Fsp3) is 0.296. The van der Waals surface area contributed by atoms with Crippen molar-refractivity contribution in [2.45, 2.75) is 46.3 Å². The van der Waals surface area contributed by atoms with E-state index in [1.807, 2.05) is 31.2 Å². The Balaban J connectivity index is 1.54. The molecule has 3 aromatic heterocycles. The average molecular weight is 504 g/mol. The molecule has 1 aromatic carbocycles. The Kier molecular flexibility index (Phi) is 5.84. The van der Waals surface area contributed by atoms with Gasteiger partial charge in [-0.05, 0) is 41.7 Å². The molecule has 0 unspecified atom stereocenters. The van der Waals surface area contributed by atoms with Gasteiger partial charge in [-0.3, -0.25) is 14.7 Å². The standard InChI is InChI=1S/C27H29N5O3S/c1-15-9-23(30-29-15)28-20-10-16(12-31(5)25(20)34)18-7-6-8-21(19(18)14-33)32-13-17-11-22(27(2,3)4)36-24(17)26(32)35/h6-12,33H,13-14H2,1-5H3,(H2,28,29,30). The molecule has 0 spiro atoms. The zero-order chi connectivity index (χ0) is 25.8. The van der Waals surface area contributed by atoms with E-state index in [0.717, 1.165) is 27.3 Å². The van der Waals surface area contributed by atoms with Crippen molar-refractivity contribution in [1.82, 2.24) is 14.8 Å². The highest BCUT2D eigenvalue weighted by atomic mass is 32.1. The first-order chi connectivity index (χ1) is 17.1. The number of hydrogen-bond acceptors (Lipinski definition) is 6. The lowest BCUT2D eigenvalue weighted by Gasteiger charge is -2.22. The first kappa shape index (κ1) is 24.0. The molecule has 4 heterocycles. The molecule has 186 valence electrons.